The van der Waals surface area contributed by atoms with Gasteiger partial charge in [0.2, 0.25) is 0 Å². The minimum absolute atomic E-state index is 0.0935. The van der Waals surface area contributed by atoms with E-state index in [0.717, 1.165) is 52.0 Å². The Balaban J connectivity index is 2.16. The summed E-state index contributed by atoms with van der Waals surface area (Å²) in [5, 5.41) is 10.3. The van der Waals surface area contributed by atoms with Crippen molar-refractivity contribution >= 4 is 0 Å². The first-order valence-corrected chi connectivity index (χ1v) is 11.1. The van der Waals surface area contributed by atoms with Crippen molar-refractivity contribution in [1.82, 2.24) is 4.98 Å². The standard InChI is InChI=1S/C27H33FN2O/c1-17(2)26-23(14-9-19-5-7-20(15-29)8-6-19)25(21-10-12-22(28)13-11-21)24(16-31)27(30-26)18(3)4/h5-8,10-13,17-18,31H,9,14-16,29H2,1-4H3. The van der Waals surface area contributed by atoms with Crippen molar-refractivity contribution < 1.29 is 9.50 Å². The number of aryl methyl sites for hydroxylation is 1. The largest absolute Gasteiger partial charge is 0.392 e. The zero-order valence-corrected chi connectivity index (χ0v) is 19.0. The molecule has 0 atom stereocenters. The van der Waals surface area contributed by atoms with Crippen LogP contribution in [0.5, 0.6) is 0 Å². The van der Waals surface area contributed by atoms with Crippen molar-refractivity contribution in [2.75, 3.05) is 0 Å². The van der Waals surface area contributed by atoms with Crippen molar-refractivity contribution in [1.29, 1.82) is 0 Å². The Bertz CT molecular complexity index is 1010. The molecule has 0 unspecified atom stereocenters. The summed E-state index contributed by atoms with van der Waals surface area (Å²) >= 11 is 0. The molecule has 1 aromatic heterocycles. The highest BCUT2D eigenvalue weighted by atomic mass is 19.1. The Morgan fingerprint density at radius 1 is 0.806 bits per heavy atom. The maximum absolute atomic E-state index is 13.7. The van der Waals surface area contributed by atoms with Gasteiger partial charge in [-0.25, -0.2) is 4.39 Å². The number of aliphatic hydroxyl groups is 1. The molecule has 0 aliphatic rings. The van der Waals surface area contributed by atoms with Gasteiger partial charge in [-0.15, -0.1) is 0 Å². The average molecular weight is 421 g/mol. The van der Waals surface area contributed by atoms with Crippen LogP contribution < -0.4 is 5.73 Å². The van der Waals surface area contributed by atoms with Crippen LogP contribution in [0, 0.1) is 5.82 Å². The topological polar surface area (TPSA) is 59.1 Å². The molecule has 164 valence electrons. The fourth-order valence-corrected chi connectivity index (χ4v) is 4.15. The molecule has 4 heteroatoms. The van der Waals surface area contributed by atoms with Crippen LogP contribution in [0.4, 0.5) is 4.39 Å². The molecule has 1 heterocycles. The summed E-state index contributed by atoms with van der Waals surface area (Å²) in [5.41, 5.74) is 14.0. The maximum Gasteiger partial charge on any atom is 0.123 e. The molecule has 0 aliphatic carbocycles. The maximum atomic E-state index is 13.7. The molecule has 0 amide bonds. The van der Waals surface area contributed by atoms with Gasteiger partial charge in [0.15, 0.2) is 0 Å². The van der Waals surface area contributed by atoms with Gasteiger partial charge in [-0.3, -0.25) is 4.98 Å². The molecule has 0 aliphatic heterocycles. The molecule has 0 saturated carbocycles. The van der Waals surface area contributed by atoms with Crippen LogP contribution >= 0.6 is 0 Å². The third kappa shape index (κ3) is 5.20. The molecule has 0 bridgehead atoms. The Morgan fingerprint density at radius 3 is 1.87 bits per heavy atom. The average Bonchev–Trinajstić information content (AvgIpc) is 2.77. The van der Waals surface area contributed by atoms with Crippen molar-refractivity contribution in [3.05, 3.63) is 88.0 Å². The van der Waals surface area contributed by atoms with Crippen molar-refractivity contribution in [2.45, 2.75) is 65.5 Å². The molecule has 0 radical (unpaired) electrons. The van der Waals surface area contributed by atoms with E-state index in [1.807, 2.05) is 0 Å². The molecule has 3 rings (SSSR count). The summed E-state index contributed by atoms with van der Waals surface area (Å²) in [5.74, 6) is 0.147. The number of hydrogen-bond donors (Lipinski definition) is 2. The first kappa shape index (κ1) is 23.1. The highest BCUT2D eigenvalue weighted by molar-refractivity contribution is 5.73. The highest BCUT2D eigenvalue weighted by Gasteiger charge is 2.23. The third-order valence-corrected chi connectivity index (χ3v) is 5.77. The van der Waals surface area contributed by atoms with E-state index in [4.69, 9.17) is 10.7 Å². The van der Waals surface area contributed by atoms with Gasteiger partial charge in [-0.2, -0.15) is 0 Å². The van der Waals surface area contributed by atoms with Crippen LogP contribution in [-0.2, 0) is 26.0 Å². The second-order valence-electron chi connectivity index (χ2n) is 8.71. The Labute approximate surface area is 185 Å². The molecular weight excluding hydrogens is 387 g/mol. The lowest BCUT2D eigenvalue weighted by atomic mass is 9.85. The van der Waals surface area contributed by atoms with Crippen LogP contribution in [-0.4, -0.2) is 10.1 Å². The zero-order chi connectivity index (χ0) is 22.5. The zero-order valence-electron chi connectivity index (χ0n) is 19.0. The predicted octanol–water partition coefficient (Wildman–Crippen LogP) is 5.87. The number of nitrogens with zero attached hydrogens (tertiary/aromatic N) is 1. The van der Waals surface area contributed by atoms with E-state index in [1.54, 1.807) is 12.1 Å². The lowest BCUT2D eigenvalue weighted by Gasteiger charge is -2.24. The van der Waals surface area contributed by atoms with Crippen LogP contribution in [0.15, 0.2) is 48.5 Å². The fraction of sp³-hybridized carbons (Fsp3) is 0.370. The lowest BCUT2D eigenvalue weighted by molar-refractivity contribution is 0.279. The van der Waals surface area contributed by atoms with Crippen LogP contribution in [0.2, 0.25) is 0 Å². The number of aliphatic hydroxyl groups excluding tert-OH is 1. The first-order chi connectivity index (χ1) is 14.8. The Kier molecular flexibility index (Phi) is 7.58. The number of halogens is 1. The number of benzene rings is 2. The monoisotopic (exact) mass is 420 g/mol. The molecule has 31 heavy (non-hydrogen) atoms. The second kappa shape index (κ2) is 10.2. The summed E-state index contributed by atoms with van der Waals surface area (Å²) in [6, 6.07) is 15.0. The van der Waals surface area contributed by atoms with E-state index in [1.165, 1.54) is 17.7 Å². The van der Waals surface area contributed by atoms with Gasteiger partial charge in [0.1, 0.15) is 5.82 Å². The quantitative estimate of drug-likeness (QED) is 0.479. The normalized spacial score (nSPS) is 11.5. The van der Waals surface area contributed by atoms with Gasteiger partial charge in [-0.05, 0) is 64.6 Å². The Hall–Kier alpha value is -2.56. The summed E-state index contributed by atoms with van der Waals surface area (Å²) in [4.78, 5) is 5.04. The molecule has 3 nitrogen and oxygen atoms in total. The van der Waals surface area contributed by atoms with Gasteiger partial charge in [0.25, 0.3) is 0 Å². The highest BCUT2D eigenvalue weighted by Crippen LogP contribution is 2.37. The number of rotatable bonds is 8. The minimum Gasteiger partial charge on any atom is -0.392 e. The number of hydrogen-bond acceptors (Lipinski definition) is 3. The van der Waals surface area contributed by atoms with E-state index < -0.39 is 0 Å². The van der Waals surface area contributed by atoms with Gasteiger partial charge in [0, 0.05) is 23.5 Å². The first-order valence-electron chi connectivity index (χ1n) is 11.1. The van der Waals surface area contributed by atoms with Crippen molar-refractivity contribution in [3.63, 3.8) is 0 Å². The fourth-order valence-electron chi connectivity index (χ4n) is 4.15. The van der Waals surface area contributed by atoms with Crippen LogP contribution in [0.25, 0.3) is 11.1 Å². The number of aromatic nitrogens is 1. The van der Waals surface area contributed by atoms with Gasteiger partial charge in [0.05, 0.1) is 6.61 Å². The van der Waals surface area contributed by atoms with Gasteiger partial charge < -0.3 is 10.8 Å². The molecule has 0 fully saturated rings. The molecular formula is C27H33FN2O. The summed E-state index contributed by atoms with van der Waals surface area (Å²) < 4.78 is 13.7. The van der Waals surface area contributed by atoms with E-state index >= 15 is 0 Å². The van der Waals surface area contributed by atoms with Crippen LogP contribution in [0.3, 0.4) is 0 Å². The molecule has 0 spiro atoms. The van der Waals surface area contributed by atoms with Gasteiger partial charge >= 0.3 is 0 Å². The molecule has 2 aromatic carbocycles. The van der Waals surface area contributed by atoms with Crippen LogP contribution in [0.1, 0.15) is 73.2 Å². The lowest BCUT2D eigenvalue weighted by Crippen LogP contribution is -2.13. The summed E-state index contributed by atoms with van der Waals surface area (Å²) in [7, 11) is 0. The molecule has 3 N–H and O–H groups in total. The number of pyridine rings is 1. The van der Waals surface area contributed by atoms with Gasteiger partial charge in [-0.1, -0.05) is 64.1 Å². The third-order valence-electron chi connectivity index (χ3n) is 5.77. The van der Waals surface area contributed by atoms with E-state index in [-0.39, 0.29) is 24.3 Å². The summed E-state index contributed by atoms with van der Waals surface area (Å²) in [6.45, 7) is 8.94. The predicted molar refractivity (Wildman–Crippen MR) is 125 cm³/mol. The van der Waals surface area contributed by atoms with Crippen molar-refractivity contribution in [3.8, 4) is 11.1 Å². The number of nitrogens with two attached hydrogens (primary N) is 1. The van der Waals surface area contributed by atoms with E-state index in [2.05, 4.69) is 52.0 Å². The summed E-state index contributed by atoms with van der Waals surface area (Å²) in [6.07, 6.45) is 1.65. The van der Waals surface area contributed by atoms with E-state index in [9.17, 15) is 9.50 Å². The van der Waals surface area contributed by atoms with Crippen molar-refractivity contribution in [2.24, 2.45) is 5.73 Å². The second-order valence-corrected chi connectivity index (χ2v) is 8.71. The smallest absolute Gasteiger partial charge is 0.123 e. The minimum atomic E-state index is -0.266. The molecule has 3 aromatic rings. The van der Waals surface area contributed by atoms with E-state index in [0.29, 0.717) is 6.54 Å². The molecule has 0 saturated heterocycles. The Morgan fingerprint density at radius 2 is 1.35 bits per heavy atom. The SMILES string of the molecule is CC(C)c1nc(C(C)C)c(CCc2ccc(CN)cc2)c(-c2ccc(F)cc2)c1CO.